The lowest BCUT2D eigenvalue weighted by Gasteiger charge is -2.30. The summed E-state index contributed by atoms with van der Waals surface area (Å²) in [4.78, 5) is 4.89. The summed E-state index contributed by atoms with van der Waals surface area (Å²) in [5.41, 5.74) is 3.66. The molecule has 2 heterocycles. The first-order valence-corrected chi connectivity index (χ1v) is 10.1. The topological polar surface area (TPSA) is 93.3 Å². The van der Waals surface area contributed by atoms with E-state index in [1.807, 2.05) is 19.1 Å². The molecule has 0 saturated heterocycles. The Bertz CT molecular complexity index is 1030. The lowest BCUT2D eigenvalue weighted by atomic mass is 9.84. The second-order valence-corrected chi connectivity index (χ2v) is 8.75. The van der Waals surface area contributed by atoms with Crippen LogP contribution in [0.3, 0.4) is 0 Å². The van der Waals surface area contributed by atoms with Crippen LogP contribution < -0.4 is 10.1 Å². The molecule has 1 aliphatic rings. The van der Waals surface area contributed by atoms with Gasteiger partial charge in [-0.15, -0.1) is 5.10 Å². The maximum atomic E-state index is 9.43. The van der Waals surface area contributed by atoms with Crippen molar-refractivity contribution in [3.05, 3.63) is 29.3 Å². The first-order valence-electron chi connectivity index (χ1n) is 10.1. The van der Waals surface area contributed by atoms with Crippen molar-refractivity contribution in [2.75, 3.05) is 11.9 Å². The molecule has 0 unspecified atom stereocenters. The van der Waals surface area contributed by atoms with E-state index in [1.54, 1.807) is 0 Å². The molecule has 1 fully saturated rings. The quantitative estimate of drug-likeness (QED) is 0.667. The highest BCUT2D eigenvalue weighted by atomic mass is 16.5. The van der Waals surface area contributed by atoms with E-state index in [9.17, 15) is 5.11 Å². The summed E-state index contributed by atoms with van der Waals surface area (Å²) in [5, 5.41) is 21.9. The minimum Gasteiger partial charge on any atom is -0.494 e. The van der Waals surface area contributed by atoms with Crippen molar-refractivity contribution in [1.29, 1.82) is 0 Å². The van der Waals surface area contributed by atoms with Gasteiger partial charge in [0.1, 0.15) is 11.4 Å². The van der Waals surface area contributed by atoms with Crippen LogP contribution in [0.4, 0.5) is 6.01 Å². The Hall–Kier alpha value is -2.67. The van der Waals surface area contributed by atoms with Crippen LogP contribution in [0.5, 0.6) is 5.75 Å². The molecule has 29 heavy (non-hydrogen) atoms. The molecule has 7 nitrogen and oxygen atoms in total. The van der Waals surface area contributed by atoms with E-state index >= 15 is 0 Å². The van der Waals surface area contributed by atoms with Gasteiger partial charge in [0, 0.05) is 11.4 Å². The standard InChI is InChI=1S/C22H28N4O3/c1-6-28-15-10-16-12(2)7-18(24-19(16)17(11-15)22(3,4)5)20-25-26-21(29-20)23-13-8-14(27)9-13/h7,10-11,13-14,27H,6,8-9H2,1-5H3,(H,23,26). The van der Waals surface area contributed by atoms with Crippen molar-refractivity contribution in [3.63, 3.8) is 0 Å². The Balaban J connectivity index is 1.75. The van der Waals surface area contributed by atoms with Gasteiger partial charge in [-0.05, 0) is 61.4 Å². The molecule has 7 heteroatoms. The molecule has 0 radical (unpaired) electrons. The summed E-state index contributed by atoms with van der Waals surface area (Å²) >= 11 is 0. The first kappa shape index (κ1) is 19.6. The average molecular weight is 396 g/mol. The number of benzene rings is 1. The number of pyridine rings is 1. The predicted molar refractivity (Wildman–Crippen MR) is 112 cm³/mol. The van der Waals surface area contributed by atoms with Crippen LogP contribution in [0.15, 0.2) is 22.6 Å². The second kappa shape index (κ2) is 7.30. The number of fused-ring (bicyclic) bond motifs is 1. The van der Waals surface area contributed by atoms with Crippen LogP contribution in [0.2, 0.25) is 0 Å². The SMILES string of the molecule is CCOc1cc(C(C)(C)C)c2nc(-c3nnc(NC4CC(O)C4)o3)cc(C)c2c1. The molecule has 0 amide bonds. The van der Waals surface area contributed by atoms with Crippen molar-refractivity contribution in [2.45, 2.75) is 65.0 Å². The van der Waals surface area contributed by atoms with Gasteiger partial charge in [0.15, 0.2) is 0 Å². The summed E-state index contributed by atoms with van der Waals surface area (Å²) in [7, 11) is 0. The highest BCUT2D eigenvalue weighted by molar-refractivity contribution is 5.89. The Kier molecular flexibility index (Phi) is 4.94. The molecule has 0 aliphatic heterocycles. The van der Waals surface area contributed by atoms with Gasteiger partial charge < -0.3 is 19.6 Å². The number of aryl methyl sites for hydroxylation is 1. The highest BCUT2D eigenvalue weighted by Gasteiger charge is 2.28. The van der Waals surface area contributed by atoms with E-state index in [2.05, 4.69) is 49.3 Å². The van der Waals surface area contributed by atoms with E-state index in [4.69, 9.17) is 14.1 Å². The number of hydrogen-bond donors (Lipinski definition) is 2. The smallest absolute Gasteiger partial charge is 0.316 e. The monoisotopic (exact) mass is 396 g/mol. The zero-order chi connectivity index (χ0) is 20.8. The molecule has 154 valence electrons. The third-order valence-electron chi connectivity index (χ3n) is 5.30. The van der Waals surface area contributed by atoms with Gasteiger partial charge in [0.05, 0.1) is 18.2 Å². The van der Waals surface area contributed by atoms with Gasteiger partial charge in [-0.1, -0.05) is 25.9 Å². The van der Waals surface area contributed by atoms with E-state index in [1.165, 1.54) is 0 Å². The molecule has 1 saturated carbocycles. The normalized spacial score (nSPS) is 19.2. The number of nitrogens with zero attached hydrogens (tertiary/aromatic N) is 3. The molecule has 4 rings (SSSR count). The number of aromatic nitrogens is 3. The van der Waals surface area contributed by atoms with Crippen molar-refractivity contribution in [2.24, 2.45) is 0 Å². The van der Waals surface area contributed by atoms with Gasteiger partial charge in [-0.3, -0.25) is 0 Å². The maximum absolute atomic E-state index is 9.43. The molecule has 3 aromatic rings. The molecular weight excluding hydrogens is 368 g/mol. The van der Waals surface area contributed by atoms with Crippen LogP contribution >= 0.6 is 0 Å². The van der Waals surface area contributed by atoms with E-state index in [0.29, 0.717) is 37.0 Å². The van der Waals surface area contributed by atoms with Crippen LogP contribution in [0.25, 0.3) is 22.5 Å². The van der Waals surface area contributed by atoms with Crippen molar-refractivity contribution in [3.8, 4) is 17.3 Å². The summed E-state index contributed by atoms with van der Waals surface area (Å²) in [5.74, 6) is 1.24. The molecule has 2 aromatic heterocycles. The number of anilines is 1. The molecule has 0 bridgehead atoms. The van der Waals surface area contributed by atoms with E-state index in [0.717, 1.165) is 27.8 Å². The molecular formula is C22H28N4O3. The zero-order valence-electron chi connectivity index (χ0n) is 17.6. The first-order chi connectivity index (χ1) is 13.7. The molecule has 0 spiro atoms. The van der Waals surface area contributed by atoms with Gasteiger partial charge in [0.2, 0.25) is 0 Å². The fourth-order valence-electron chi connectivity index (χ4n) is 3.66. The van der Waals surface area contributed by atoms with Crippen LogP contribution in [-0.4, -0.2) is 39.0 Å². The Morgan fingerprint density at radius 1 is 1.21 bits per heavy atom. The summed E-state index contributed by atoms with van der Waals surface area (Å²) < 4.78 is 11.6. The number of nitrogens with one attached hydrogen (secondary N) is 1. The van der Waals surface area contributed by atoms with Crippen LogP contribution in [-0.2, 0) is 5.41 Å². The Labute approximate surface area is 170 Å². The third kappa shape index (κ3) is 3.92. The fourth-order valence-corrected chi connectivity index (χ4v) is 3.66. The summed E-state index contributed by atoms with van der Waals surface area (Å²) in [6.07, 6.45) is 1.15. The fraction of sp³-hybridized carbons (Fsp3) is 0.500. The number of aliphatic hydroxyl groups excluding tert-OH is 1. The van der Waals surface area contributed by atoms with Crippen molar-refractivity contribution < 1.29 is 14.3 Å². The van der Waals surface area contributed by atoms with Gasteiger partial charge in [-0.25, -0.2) is 4.98 Å². The lowest BCUT2D eigenvalue weighted by molar-refractivity contribution is 0.0828. The molecule has 1 aliphatic carbocycles. The average Bonchev–Trinajstić information content (AvgIpc) is 3.08. The zero-order valence-corrected chi connectivity index (χ0v) is 17.6. The van der Waals surface area contributed by atoms with Crippen LogP contribution in [0, 0.1) is 6.92 Å². The number of ether oxygens (including phenoxy) is 1. The predicted octanol–water partition coefficient (Wildman–Crippen LogP) is 4.22. The minimum absolute atomic E-state index is 0.101. The summed E-state index contributed by atoms with van der Waals surface area (Å²) in [6, 6.07) is 6.62. The number of rotatable bonds is 5. The Morgan fingerprint density at radius 3 is 2.62 bits per heavy atom. The molecule has 0 atom stereocenters. The maximum Gasteiger partial charge on any atom is 0.316 e. The summed E-state index contributed by atoms with van der Waals surface area (Å²) in [6.45, 7) is 11.2. The van der Waals surface area contributed by atoms with E-state index < -0.39 is 0 Å². The van der Waals surface area contributed by atoms with E-state index in [-0.39, 0.29) is 17.6 Å². The van der Waals surface area contributed by atoms with Crippen LogP contribution in [0.1, 0.15) is 51.7 Å². The number of hydrogen-bond acceptors (Lipinski definition) is 7. The van der Waals surface area contributed by atoms with Crippen molar-refractivity contribution in [1.82, 2.24) is 15.2 Å². The van der Waals surface area contributed by atoms with Gasteiger partial charge in [-0.2, -0.15) is 0 Å². The Morgan fingerprint density at radius 2 is 1.97 bits per heavy atom. The largest absolute Gasteiger partial charge is 0.494 e. The van der Waals surface area contributed by atoms with Crippen molar-refractivity contribution >= 4 is 16.9 Å². The minimum atomic E-state index is -0.239. The number of aliphatic hydroxyl groups is 1. The molecule has 2 N–H and O–H groups in total. The third-order valence-corrected chi connectivity index (χ3v) is 5.30. The second-order valence-electron chi connectivity index (χ2n) is 8.75. The highest BCUT2D eigenvalue weighted by Crippen LogP contribution is 2.36. The van der Waals surface area contributed by atoms with Gasteiger partial charge >= 0.3 is 6.01 Å². The molecule has 1 aromatic carbocycles. The van der Waals surface area contributed by atoms with Gasteiger partial charge in [0.25, 0.3) is 5.89 Å². The lowest BCUT2D eigenvalue weighted by Crippen LogP contribution is -2.39.